The molecule has 0 unspecified atom stereocenters. The summed E-state index contributed by atoms with van der Waals surface area (Å²) in [5.74, 6) is 0. The van der Waals surface area contributed by atoms with Crippen LogP contribution in [-0.2, 0) is 0 Å². The van der Waals surface area contributed by atoms with E-state index in [0.717, 1.165) is 20.2 Å². The van der Waals surface area contributed by atoms with Gasteiger partial charge < -0.3 is 4.84 Å². The summed E-state index contributed by atoms with van der Waals surface area (Å²) in [6.07, 6.45) is 0. The van der Waals surface area contributed by atoms with Gasteiger partial charge in [-0.05, 0) is 41.6 Å². The minimum Gasteiger partial charge on any atom is -0.417 e. The van der Waals surface area contributed by atoms with Crippen LogP contribution in [0.15, 0.2) is 18.2 Å². The van der Waals surface area contributed by atoms with E-state index < -0.39 is 0 Å². The molecule has 0 spiro atoms. The first-order chi connectivity index (χ1) is 7.20. The fourth-order valence-corrected chi connectivity index (χ4v) is 2.52. The van der Waals surface area contributed by atoms with Crippen molar-refractivity contribution < 1.29 is 4.84 Å². The molecule has 1 aromatic carbocycles. The van der Waals surface area contributed by atoms with Gasteiger partial charge in [0.15, 0.2) is 0 Å². The van der Waals surface area contributed by atoms with Crippen LogP contribution >= 0.6 is 22.6 Å². The summed E-state index contributed by atoms with van der Waals surface area (Å²) in [7, 11) is 1.60. The minimum atomic E-state index is 0.692. The molecule has 0 aliphatic rings. The van der Waals surface area contributed by atoms with Gasteiger partial charge in [-0.15, -0.1) is 0 Å². The lowest BCUT2D eigenvalue weighted by atomic mass is 10.1. The molecular formula is C11H9IN2O. The molecule has 1 heterocycles. The summed E-state index contributed by atoms with van der Waals surface area (Å²) in [6.45, 7) is 1.89. The highest BCUT2D eigenvalue weighted by Crippen LogP contribution is 2.28. The molecule has 0 saturated carbocycles. The lowest BCUT2D eigenvalue weighted by Crippen LogP contribution is -2.07. The second-order valence-electron chi connectivity index (χ2n) is 3.18. The van der Waals surface area contributed by atoms with Gasteiger partial charge >= 0.3 is 0 Å². The average molecular weight is 312 g/mol. The minimum absolute atomic E-state index is 0.692. The van der Waals surface area contributed by atoms with Crippen molar-refractivity contribution in [3.8, 4) is 6.07 Å². The topological polar surface area (TPSA) is 38.0 Å². The number of halogens is 1. The number of fused-ring (bicyclic) bond motifs is 1. The molecule has 0 aliphatic carbocycles. The third-order valence-corrected chi connectivity index (χ3v) is 3.32. The van der Waals surface area contributed by atoms with Gasteiger partial charge in [-0.2, -0.15) is 9.99 Å². The Morgan fingerprint density at radius 3 is 2.80 bits per heavy atom. The maximum atomic E-state index is 9.13. The normalized spacial score (nSPS) is 10.3. The van der Waals surface area contributed by atoms with Gasteiger partial charge in [0.25, 0.3) is 0 Å². The molecule has 2 aromatic rings. The zero-order valence-corrected chi connectivity index (χ0v) is 10.6. The Morgan fingerprint density at radius 2 is 2.20 bits per heavy atom. The van der Waals surface area contributed by atoms with Crippen LogP contribution in [-0.4, -0.2) is 11.8 Å². The largest absolute Gasteiger partial charge is 0.417 e. The van der Waals surface area contributed by atoms with Crippen molar-refractivity contribution in [2.45, 2.75) is 6.92 Å². The predicted octanol–water partition coefficient (Wildman–Crippen LogP) is 2.48. The monoisotopic (exact) mass is 312 g/mol. The Hall–Kier alpha value is -1.22. The van der Waals surface area contributed by atoms with E-state index in [2.05, 4.69) is 28.7 Å². The van der Waals surface area contributed by atoms with Crippen LogP contribution in [0.3, 0.4) is 0 Å². The Morgan fingerprint density at radius 1 is 1.47 bits per heavy atom. The van der Waals surface area contributed by atoms with Gasteiger partial charge in [0.1, 0.15) is 13.2 Å². The number of nitrogens with zero attached hydrogens (tertiary/aromatic N) is 2. The van der Waals surface area contributed by atoms with Gasteiger partial charge in [0, 0.05) is 8.96 Å². The number of benzene rings is 1. The highest BCUT2D eigenvalue weighted by atomic mass is 127. The van der Waals surface area contributed by atoms with Crippen LogP contribution in [0.4, 0.5) is 0 Å². The van der Waals surface area contributed by atoms with Crippen molar-refractivity contribution in [3.05, 3.63) is 33.0 Å². The summed E-state index contributed by atoms with van der Waals surface area (Å²) in [6, 6.07) is 8.13. The smallest absolute Gasteiger partial charge is 0.104 e. The summed E-state index contributed by atoms with van der Waals surface area (Å²) in [4.78, 5) is 5.26. The fourth-order valence-electron chi connectivity index (χ4n) is 1.76. The van der Waals surface area contributed by atoms with Gasteiger partial charge in [0.2, 0.25) is 0 Å². The standard InChI is InChI=1S/C11H9IN2O/c1-7-8(6-13)11-9(12)4-3-5-10(11)14(7)15-2/h3-5H,1-2H3. The van der Waals surface area contributed by atoms with Crippen LogP contribution < -0.4 is 4.84 Å². The predicted molar refractivity (Wildman–Crippen MR) is 66.6 cm³/mol. The molecule has 2 rings (SSSR count). The lowest BCUT2D eigenvalue weighted by Gasteiger charge is -2.04. The molecular weight excluding hydrogens is 303 g/mol. The Kier molecular flexibility index (Phi) is 2.57. The van der Waals surface area contributed by atoms with E-state index in [1.54, 1.807) is 11.8 Å². The van der Waals surface area contributed by atoms with Crippen molar-refractivity contribution in [2.75, 3.05) is 7.11 Å². The van der Waals surface area contributed by atoms with E-state index in [-0.39, 0.29) is 0 Å². The second-order valence-corrected chi connectivity index (χ2v) is 4.35. The zero-order chi connectivity index (χ0) is 11.0. The molecule has 0 saturated heterocycles. The number of rotatable bonds is 1. The molecule has 0 bridgehead atoms. The Balaban J connectivity index is 3.00. The summed E-state index contributed by atoms with van der Waals surface area (Å²) in [5, 5.41) is 10.1. The highest BCUT2D eigenvalue weighted by molar-refractivity contribution is 14.1. The number of nitriles is 1. The number of aromatic nitrogens is 1. The second kappa shape index (κ2) is 3.74. The van der Waals surface area contributed by atoms with E-state index >= 15 is 0 Å². The Labute approximate surface area is 101 Å². The van der Waals surface area contributed by atoms with Crippen LogP contribution in [0.25, 0.3) is 10.9 Å². The molecule has 0 aliphatic heterocycles. The fraction of sp³-hybridized carbons (Fsp3) is 0.182. The molecule has 15 heavy (non-hydrogen) atoms. The highest BCUT2D eigenvalue weighted by Gasteiger charge is 2.15. The van der Waals surface area contributed by atoms with Gasteiger partial charge in [-0.3, -0.25) is 0 Å². The molecule has 0 fully saturated rings. The van der Waals surface area contributed by atoms with Gasteiger partial charge in [-0.1, -0.05) is 6.07 Å². The van der Waals surface area contributed by atoms with Crippen molar-refractivity contribution in [3.63, 3.8) is 0 Å². The molecule has 3 nitrogen and oxygen atoms in total. The molecule has 1 aromatic heterocycles. The quantitative estimate of drug-likeness (QED) is 0.759. The maximum absolute atomic E-state index is 9.13. The first-order valence-electron chi connectivity index (χ1n) is 4.44. The molecule has 76 valence electrons. The van der Waals surface area contributed by atoms with Crippen molar-refractivity contribution >= 4 is 33.5 Å². The van der Waals surface area contributed by atoms with Crippen LogP contribution in [0.2, 0.25) is 0 Å². The van der Waals surface area contributed by atoms with Gasteiger partial charge in [0.05, 0.1) is 16.8 Å². The SMILES string of the molecule is COn1c(C)c(C#N)c2c(I)cccc21. The van der Waals surface area contributed by atoms with Crippen LogP contribution in [0.1, 0.15) is 11.3 Å². The average Bonchev–Trinajstić information content (AvgIpc) is 2.51. The van der Waals surface area contributed by atoms with Crippen molar-refractivity contribution in [2.24, 2.45) is 0 Å². The van der Waals surface area contributed by atoms with Crippen molar-refractivity contribution in [1.29, 1.82) is 5.26 Å². The van der Waals surface area contributed by atoms with Crippen molar-refractivity contribution in [1.82, 2.24) is 4.73 Å². The summed E-state index contributed by atoms with van der Waals surface area (Å²) >= 11 is 2.23. The lowest BCUT2D eigenvalue weighted by molar-refractivity contribution is 0.173. The first-order valence-corrected chi connectivity index (χ1v) is 5.52. The van der Waals surface area contributed by atoms with E-state index in [1.807, 2.05) is 25.1 Å². The molecule has 0 radical (unpaired) electrons. The van der Waals surface area contributed by atoms with E-state index in [1.165, 1.54) is 0 Å². The zero-order valence-electron chi connectivity index (χ0n) is 8.41. The summed E-state index contributed by atoms with van der Waals surface area (Å²) < 4.78 is 2.76. The summed E-state index contributed by atoms with van der Waals surface area (Å²) in [5.41, 5.74) is 2.48. The molecule has 0 N–H and O–H groups in total. The third kappa shape index (κ3) is 1.38. The molecule has 0 atom stereocenters. The van der Waals surface area contributed by atoms with E-state index in [0.29, 0.717) is 5.56 Å². The van der Waals surface area contributed by atoms with E-state index in [9.17, 15) is 0 Å². The van der Waals surface area contributed by atoms with Crippen LogP contribution in [0.5, 0.6) is 0 Å². The third-order valence-electron chi connectivity index (χ3n) is 2.42. The van der Waals surface area contributed by atoms with E-state index in [4.69, 9.17) is 10.1 Å². The molecule has 4 heteroatoms. The number of hydrogen-bond acceptors (Lipinski definition) is 2. The van der Waals surface area contributed by atoms with Crippen LogP contribution in [0, 0.1) is 21.8 Å². The Bertz CT molecular complexity index is 566. The first kappa shape index (κ1) is 10.3. The van der Waals surface area contributed by atoms with Gasteiger partial charge in [-0.25, -0.2) is 0 Å². The maximum Gasteiger partial charge on any atom is 0.104 e. The number of hydrogen-bond donors (Lipinski definition) is 0. The molecule has 0 amide bonds.